The summed E-state index contributed by atoms with van der Waals surface area (Å²) in [4.78, 5) is 12.9. The highest BCUT2D eigenvalue weighted by Crippen LogP contribution is 2.32. The van der Waals surface area contributed by atoms with E-state index in [1.165, 1.54) is 6.07 Å². The van der Waals surface area contributed by atoms with Gasteiger partial charge in [0.2, 0.25) is 5.91 Å². The molecule has 5 nitrogen and oxygen atoms in total. The fraction of sp³-hybridized carbons (Fsp3) is 0.304. The zero-order valence-corrected chi connectivity index (χ0v) is 17.9. The second-order valence-corrected chi connectivity index (χ2v) is 8.33. The van der Waals surface area contributed by atoms with Gasteiger partial charge in [-0.3, -0.25) is 4.79 Å². The quantitative estimate of drug-likeness (QED) is 0.588. The van der Waals surface area contributed by atoms with Gasteiger partial charge in [0.1, 0.15) is 0 Å². The molecule has 0 saturated heterocycles. The highest BCUT2D eigenvalue weighted by Gasteiger charge is 2.35. The van der Waals surface area contributed by atoms with E-state index < -0.39 is 23.9 Å². The maximum Gasteiger partial charge on any atom is 0.435 e. The van der Waals surface area contributed by atoms with Crippen molar-refractivity contribution in [1.82, 2.24) is 15.1 Å². The van der Waals surface area contributed by atoms with E-state index in [4.69, 9.17) is 11.6 Å². The number of hydrogen-bond donors (Lipinski definition) is 2. The molecule has 0 saturated carbocycles. The summed E-state index contributed by atoms with van der Waals surface area (Å²) in [5, 5.41) is 16.7. The lowest BCUT2D eigenvalue weighted by molar-refractivity contribution is -0.141. The molecule has 32 heavy (non-hydrogen) atoms. The van der Waals surface area contributed by atoms with Crippen LogP contribution in [0, 0.1) is 0 Å². The van der Waals surface area contributed by atoms with Gasteiger partial charge in [-0.25, -0.2) is 4.68 Å². The Kier molecular flexibility index (Phi) is 6.01. The first-order valence-corrected chi connectivity index (χ1v) is 10.5. The van der Waals surface area contributed by atoms with E-state index in [-0.39, 0.29) is 18.1 Å². The highest BCUT2D eigenvalue weighted by molar-refractivity contribution is 6.30. The van der Waals surface area contributed by atoms with Crippen LogP contribution >= 0.6 is 11.6 Å². The molecule has 1 aliphatic carbocycles. The zero-order chi connectivity index (χ0) is 23.0. The number of rotatable bonds is 5. The van der Waals surface area contributed by atoms with Crippen molar-refractivity contribution in [3.05, 3.63) is 81.6 Å². The lowest BCUT2D eigenvalue weighted by Gasteiger charge is -2.16. The number of carbonyl (C=O) groups is 1. The Morgan fingerprint density at radius 3 is 2.72 bits per heavy atom. The van der Waals surface area contributed by atoms with Gasteiger partial charge in [0, 0.05) is 5.02 Å². The number of aliphatic hydroxyl groups excluding tert-OH is 1. The normalized spacial score (nSPS) is 16.6. The van der Waals surface area contributed by atoms with Gasteiger partial charge >= 0.3 is 6.18 Å². The van der Waals surface area contributed by atoms with Crippen LogP contribution < -0.4 is 5.32 Å². The molecule has 0 radical (unpaired) electrons. The third-order valence-electron chi connectivity index (χ3n) is 5.63. The van der Waals surface area contributed by atoms with Gasteiger partial charge in [0.25, 0.3) is 0 Å². The summed E-state index contributed by atoms with van der Waals surface area (Å²) in [5.41, 5.74) is 2.28. The van der Waals surface area contributed by atoms with E-state index in [1.807, 2.05) is 18.2 Å². The predicted molar refractivity (Wildman–Crippen MR) is 114 cm³/mol. The second-order valence-electron chi connectivity index (χ2n) is 7.90. The number of amides is 1. The Bertz CT molecular complexity index is 1160. The van der Waals surface area contributed by atoms with E-state index in [0.717, 1.165) is 27.4 Å². The smallest absolute Gasteiger partial charge is 0.392 e. The summed E-state index contributed by atoms with van der Waals surface area (Å²) in [6.07, 6.45) is -4.05. The predicted octanol–water partition coefficient (Wildman–Crippen LogP) is 4.42. The van der Waals surface area contributed by atoms with Gasteiger partial charge in [0.05, 0.1) is 29.9 Å². The average molecular weight is 464 g/mol. The second kappa shape index (κ2) is 8.60. The van der Waals surface area contributed by atoms with Crippen LogP contribution in [0.1, 0.15) is 40.9 Å². The van der Waals surface area contributed by atoms with E-state index in [0.29, 0.717) is 23.6 Å². The Morgan fingerprint density at radius 1 is 1.25 bits per heavy atom. The zero-order valence-electron chi connectivity index (χ0n) is 17.2. The number of nitrogens with one attached hydrogen (secondary N) is 1. The van der Waals surface area contributed by atoms with E-state index in [2.05, 4.69) is 10.4 Å². The van der Waals surface area contributed by atoms with Gasteiger partial charge in [-0.2, -0.15) is 18.3 Å². The molecule has 0 fully saturated rings. The SMILES string of the molecule is CC(C(=O)NCc1cc(C(F)(F)F)nn1-c1cccc(Cl)c1)c1cccc2c1CC(O)C2. The number of alkyl halides is 3. The van der Waals surface area contributed by atoms with Crippen molar-refractivity contribution >= 4 is 17.5 Å². The summed E-state index contributed by atoms with van der Waals surface area (Å²) >= 11 is 5.99. The van der Waals surface area contributed by atoms with Crippen LogP contribution in [-0.2, 0) is 30.4 Å². The Hall–Kier alpha value is -2.84. The molecule has 0 bridgehead atoms. The van der Waals surface area contributed by atoms with Crippen LogP contribution in [0.4, 0.5) is 13.2 Å². The molecule has 2 aromatic carbocycles. The molecular weight excluding hydrogens is 443 g/mol. The number of aliphatic hydroxyl groups is 1. The van der Waals surface area contributed by atoms with Gasteiger partial charge < -0.3 is 10.4 Å². The minimum Gasteiger partial charge on any atom is -0.392 e. The number of nitrogens with zero attached hydrogens (tertiary/aromatic N) is 2. The lowest BCUT2D eigenvalue weighted by atomic mass is 9.92. The van der Waals surface area contributed by atoms with Crippen molar-refractivity contribution in [2.45, 2.75) is 44.5 Å². The number of halogens is 4. The van der Waals surface area contributed by atoms with Crippen LogP contribution in [0.3, 0.4) is 0 Å². The van der Waals surface area contributed by atoms with Crippen LogP contribution in [0.5, 0.6) is 0 Å². The maximum atomic E-state index is 13.3. The summed E-state index contributed by atoms with van der Waals surface area (Å²) < 4.78 is 41.0. The molecule has 0 aliphatic heterocycles. The van der Waals surface area contributed by atoms with Crippen molar-refractivity contribution in [3.63, 3.8) is 0 Å². The van der Waals surface area contributed by atoms with Crippen LogP contribution in [0.25, 0.3) is 5.69 Å². The summed E-state index contributed by atoms with van der Waals surface area (Å²) in [7, 11) is 0. The molecule has 2 unspecified atom stereocenters. The van der Waals surface area contributed by atoms with Gasteiger partial charge in [-0.05, 0) is 60.7 Å². The fourth-order valence-electron chi connectivity index (χ4n) is 4.05. The van der Waals surface area contributed by atoms with Crippen molar-refractivity contribution < 1.29 is 23.1 Å². The first-order valence-electron chi connectivity index (χ1n) is 10.1. The molecule has 1 aromatic heterocycles. The minimum atomic E-state index is -4.62. The average Bonchev–Trinajstić information content (AvgIpc) is 3.34. The summed E-state index contributed by atoms with van der Waals surface area (Å²) in [5.74, 6) is -0.855. The van der Waals surface area contributed by atoms with E-state index in [1.54, 1.807) is 25.1 Å². The molecule has 2 atom stereocenters. The molecule has 9 heteroatoms. The molecule has 2 N–H and O–H groups in total. The highest BCUT2D eigenvalue weighted by atomic mass is 35.5. The Labute approximate surface area is 187 Å². The number of fused-ring (bicyclic) bond motifs is 1. The van der Waals surface area contributed by atoms with Crippen LogP contribution in [0.15, 0.2) is 48.5 Å². The third-order valence-corrected chi connectivity index (χ3v) is 5.87. The van der Waals surface area contributed by atoms with Crippen molar-refractivity contribution in [2.24, 2.45) is 0 Å². The molecule has 168 valence electrons. The molecule has 1 aliphatic rings. The first kappa shape index (κ1) is 22.4. The van der Waals surface area contributed by atoms with Crippen LogP contribution in [0.2, 0.25) is 5.02 Å². The van der Waals surface area contributed by atoms with Gasteiger partial charge in [-0.1, -0.05) is 35.9 Å². The summed E-state index contributed by atoms with van der Waals surface area (Å²) in [6.45, 7) is 1.60. The lowest BCUT2D eigenvalue weighted by Crippen LogP contribution is -2.29. The molecule has 3 aromatic rings. The van der Waals surface area contributed by atoms with Crippen molar-refractivity contribution in [1.29, 1.82) is 0 Å². The molecular formula is C23H21ClF3N3O2. The fourth-order valence-corrected chi connectivity index (χ4v) is 4.23. The Morgan fingerprint density at radius 2 is 2.00 bits per heavy atom. The third kappa shape index (κ3) is 4.52. The molecule has 1 heterocycles. The Balaban J connectivity index is 1.57. The van der Waals surface area contributed by atoms with Crippen molar-refractivity contribution in [3.8, 4) is 5.69 Å². The number of aromatic nitrogens is 2. The number of hydrogen-bond acceptors (Lipinski definition) is 3. The molecule has 1 amide bonds. The first-order chi connectivity index (χ1) is 15.1. The topological polar surface area (TPSA) is 67.2 Å². The number of benzene rings is 2. The standard InChI is InChI=1S/C23H21ClF3N3O2/c1-13(19-7-2-4-14-8-18(31)11-20(14)19)22(32)28-12-17-10-21(23(25,26)27)29-30(17)16-6-3-5-15(24)9-16/h2-7,9-10,13,18,31H,8,11-12H2,1H3,(H,28,32). The van der Waals surface area contributed by atoms with E-state index >= 15 is 0 Å². The molecule has 0 spiro atoms. The van der Waals surface area contributed by atoms with E-state index in [9.17, 15) is 23.1 Å². The van der Waals surface area contributed by atoms with Crippen molar-refractivity contribution in [2.75, 3.05) is 0 Å². The maximum absolute atomic E-state index is 13.3. The monoisotopic (exact) mass is 463 g/mol. The molecule has 4 rings (SSSR count). The largest absolute Gasteiger partial charge is 0.435 e. The minimum absolute atomic E-state index is 0.142. The summed E-state index contributed by atoms with van der Waals surface area (Å²) in [6, 6.07) is 12.9. The number of carbonyl (C=O) groups excluding carboxylic acids is 1. The van der Waals surface area contributed by atoms with Gasteiger partial charge in [0.15, 0.2) is 5.69 Å². The van der Waals surface area contributed by atoms with Crippen LogP contribution in [-0.4, -0.2) is 26.9 Å². The van der Waals surface area contributed by atoms with Gasteiger partial charge in [-0.15, -0.1) is 0 Å².